The van der Waals surface area contributed by atoms with Gasteiger partial charge in [-0.05, 0) is 29.8 Å². The number of rotatable bonds is 2. The molecule has 1 aromatic carbocycles. The smallest absolute Gasteiger partial charge is 0.234 e. The van der Waals surface area contributed by atoms with Crippen LogP contribution < -0.4 is 4.74 Å². The Morgan fingerprint density at radius 2 is 2.05 bits per heavy atom. The topological polar surface area (TPSA) is 63.7 Å². The van der Waals surface area contributed by atoms with Crippen LogP contribution in [-0.4, -0.2) is 20.2 Å². The van der Waals surface area contributed by atoms with Crippen molar-refractivity contribution in [2.45, 2.75) is 0 Å². The van der Waals surface area contributed by atoms with Gasteiger partial charge < -0.3 is 4.74 Å². The summed E-state index contributed by atoms with van der Waals surface area (Å²) in [4.78, 5) is 7.89. The predicted molar refractivity (Wildman–Crippen MR) is 68.2 cm³/mol. The van der Waals surface area contributed by atoms with Crippen molar-refractivity contribution >= 4 is 34.2 Å². The van der Waals surface area contributed by atoms with Crippen molar-refractivity contribution < 1.29 is 9.13 Å². The molecule has 0 spiro atoms. The molecular weight excluding hydrogens is 294 g/mol. The van der Waals surface area contributed by atoms with Gasteiger partial charge in [0.15, 0.2) is 5.65 Å². The molecule has 0 aliphatic heterocycles. The summed E-state index contributed by atoms with van der Waals surface area (Å²) in [5, 5.41) is 7.16. The van der Waals surface area contributed by atoms with E-state index in [9.17, 15) is 4.39 Å². The zero-order chi connectivity index (χ0) is 13.4. The summed E-state index contributed by atoms with van der Waals surface area (Å²) in [6, 6.07) is 3.78. The molecule has 0 radical (unpaired) electrons. The monoisotopic (exact) mass is 298 g/mol. The highest BCUT2D eigenvalue weighted by atomic mass is 35.5. The normalized spacial score (nSPS) is 10.9. The van der Waals surface area contributed by atoms with Crippen molar-refractivity contribution in [2.24, 2.45) is 0 Å². The molecular formula is C11H5Cl2FN4O. The van der Waals surface area contributed by atoms with Gasteiger partial charge in [0.25, 0.3) is 0 Å². The summed E-state index contributed by atoms with van der Waals surface area (Å²) in [6.07, 6.45) is 1.50. The standard InChI is InChI=1S/C11H5Cl2FN4O/c12-7-3-5(14)1-2-8(7)19-10-6-4-15-18-9(6)16-11(13)17-10/h1-4H,(H,15,16,17,18). The maximum Gasteiger partial charge on any atom is 0.234 e. The van der Waals surface area contributed by atoms with Crippen LogP contribution >= 0.6 is 23.2 Å². The van der Waals surface area contributed by atoms with E-state index in [1.807, 2.05) is 0 Å². The van der Waals surface area contributed by atoms with Gasteiger partial charge in [-0.15, -0.1) is 0 Å². The fourth-order valence-electron chi connectivity index (χ4n) is 1.52. The van der Waals surface area contributed by atoms with Gasteiger partial charge in [0, 0.05) is 0 Å². The van der Waals surface area contributed by atoms with Crippen molar-refractivity contribution in [1.29, 1.82) is 0 Å². The number of hydrogen-bond acceptors (Lipinski definition) is 4. The molecule has 2 heterocycles. The van der Waals surface area contributed by atoms with Crippen LogP contribution in [0.15, 0.2) is 24.4 Å². The zero-order valence-electron chi connectivity index (χ0n) is 9.19. The number of halogens is 3. The van der Waals surface area contributed by atoms with Gasteiger partial charge in [-0.3, -0.25) is 5.10 Å². The molecule has 5 nitrogen and oxygen atoms in total. The molecule has 0 atom stereocenters. The summed E-state index contributed by atoms with van der Waals surface area (Å²) in [5.74, 6) is 0.00381. The molecule has 2 aromatic heterocycles. The van der Waals surface area contributed by atoms with Gasteiger partial charge in [-0.1, -0.05) is 11.6 Å². The average molecular weight is 299 g/mol. The van der Waals surface area contributed by atoms with Crippen LogP contribution in [0.1, 0.15) is 0 Å². The lowest BCUT2D eigenvalue weighted by atomic mass is 10.3. The van der Waals surface area contributed by atoms with Crippen molar-refractivity contribution in [3.8, 4) is 11.6 Å². The highest BCUT2D eigenvalue weighted by Gasteiger charge is 2.12. The number of hydrogen-bond donors (Lipinski definition) is 1. The zero-order valence-corrected chi connectivity index (χ0v) is 10.7. The Bertz CT molecular complexity index is 762. The minimum Gasteiger partial charge on any atom is -0.437 e. The average Bonchev–Trinajstić information content (AvgIpc) is 2.80. The highest BCUT2D eigenvalue weighted by molar-refractivity contribution is 6.32. The second-order valence-corrected chi connectivity index (χ2v) is 4.35. The minimum absolute atomic E-state index is 0.00461. The Morgan fingerprint density at radius 1 is 1.21 bits per heavy atom. The van der Waals surface area contributed by atoms with Gasteiger partial charge in [-0.25, -0.2) is 4.39 Å². The second-order valence-electron chi connectivity index (χ2n) is 3.61. The molecule has 0 saturated carbocycles. The summed E-state index contributed by atoms with van der Waals surface area (Å²) in [6.45, 7) is 0. The molecule has 3 rings (SSSR count). The number of H-pyrrole nitrogens is 1. The molecule has 0 bridgehead atoms. The van der Waals surface area contributed by atoms with E-state index in [0.29, 0.717) is 11.0 Å². The fourth-order valence-corrected chi connectivity index (χ4v) is 1.89. The first-order valence-corrected chi connectivity index (χ1v) is 5.88. The summed E-state index contributed by atoms with van der Waals surface area (Å²) in [7, 11) is 0. The first-order valence-electron chi connectivity index (χ1n) is 5.13. The number of benzene rings is 1. The maximum atomic E-state index is 13.0. The number of aromatic amines is 1. The van der Waals surface area contributed by atoms with Gasteiger partial charge in [0.2, 0.25) is 11.2 Å². The van der Waals surface area contributed by atoms with E-state index in [1.54, 1.807) is 0 Å². The molecule has 19 heavy (non-hydrogen) atoms. The molecule has 0 aliphatic rings. The Labute approximate surface area is 116 Å². The summed E-state index contributed by atoms with van der Waals surface area (Å²) in [5.41, 5.74) is 0.438. The fraction of sp³-hybridized carbons (Fsp3) is 0. The first-order chi connectivity index (χ1) is 9.13. The van der Waals surface area contributed by atoms with Crippen molar-refractivity contribution in [2.75, 3.05) is 0 Å². The van der Waals surface area contributed by atoms with Crippen LogP contribution in [0.25, 0.3) is 11.0 Å². The van der Waals surface area contributed by atoms with Crippen molar-refractivity contribution in [1.82, 2.24) is 20.2 Å². The van der Waals surface area contributed by atoms with Gasteiger partial charge in [0.05, 0.1) is 11.2 Å². The summed E-state index contributed by atoms with van der Waals surface area (Å²) >= 11 is 11.6. The Kier molecular flexibility index (Phi) is 2.96. The maximum absolute atomic E-state index is 13.0. The molecule has 1 N–H and O–H groups in total. The van der Waals surface area contributed by atoms with Crippen LogP contribution in [0.5, 0.6) is 11.6 Å². The van der Waals surface area contributed by atoms with E-state index in [2.05, 4.69) is 20.2 Å². The second kappa shape index (κ2) is 4.64. The lowest BCUT2D eigenvalue weighted by molar-refractivity contribution is 0.467. The quantitative estimate of drug-likeness (QED) is 0.734. The van der Waals surface area contributed by atoms with Crippen molar-refractivity contribution in [3.63, 3.8) is 0 Å². The molecule has 0 fully saturated rings. The number of nitrogens with one attached hydrogen (secondary N) is 1. The number of aromatic nitrogens is 4. The van der Waals surface area contributed by atoms with E-state index in [0.717, 1.165) is 6.07 Å². The predicted octanol–water partition coefficient (Wildman–Crippen LogP) is 3.59. The number of fused-ring (bicyclic) bond motifs is 1. The molecule has 0 amide bonds. The first kappa shape index (κ1) is 12.1. The number of ether oxygens (including phenoxy) is 1. The summed E-state index contributed by atoms with van der Waals surface area (Å²) < 4.78 is 18.5. The van der Waals surface area contributed by atoms with Crippen LogP contribution in [0.4, 0.5) is 4.39 Å². The molecule has 0 unspecified atom stereocenters. The van der Waals surface area contributed by atoms with E-state index >= 15 is 0 Å². The van der Waals surface area contributed by atoms with Crippen molar-refractivity contribution in [3.05, 3.63) is 40.5 Å². The SMILES string of the molecule is Fc1ccc(Oc2nc(Cl)nc3[nH]ncc23)c(Cl)c1. The largest absolute Gasteiger partial charge is 0.437 e. The lowest BCUT2D eigenvalue weighted by Gasteiger charge is -2.07. The Balaban J connectivity index is 2.07. The third-order valence-electron chi connectivity index (χ3n) is 2.35. The van der Waals surface area contributed by atoms with Gasteiger partial charge in [-0.2, -0.15) is 15.1 Å². The third kappa shape index (κ3) is 2.32. The minimum atomic E-state index is -0.452. The molecule has 0 aliphatic carbocycles. The number of nitrogens with zero attached hydrogens (tertiary/aromatic N) is 3. The van der Waals surface area contributed by atoms with E-state index < -0.39 is 5.82 Å². The van der Waals surface area contributed by atoms with Crippen LogP contribution in [0, 0.1) is 5.82 Å². The molecule has 3 aromatic rings. The Hall–Kier alpha value is -1.92. The van der Waals surface area contributed by atoms with Gasteiger partial charge in [0.1, 0.15) is 17.0 Å². The van der Waals surface area contributed by atoms with Gasteiger partial charge >= 0.3 is 0 Å². The molecule has 96 valence electrons. The molecule has 8 heteroatoms. The van der Waals surface area contributed by atoms with E-state index in [4.69, 9.17) is 27.9 Å². The van der Waals surface area contributed by atoms with Crippen LogP contribution in [-0.2, 0) is 0 Å². The molecule has 0 saturated heterocycles. The lowest BCUT2D eigenvalue weighted by Crippen LogP contribution is -1.93. The van der Waals surface area contributed by atoms with Crippen LogP contribution in [0.2, 0.25) is 10.3 Å². The third-order valence-corrected chi connectivity index (χ3v) is 2.81. The van der Waals surface area contributed by atoms with Crippen LogP contribution in [0.3, 0.4) is 0 Å². The van der Waals surface area contributed by atoms with E-state index in [-0.39, 0.29) is 21.9 Å². The highest BCUT2D eigenvalue weighted by Crippen LogP contribution is 2.32. The van der Waals surface area contributed by atoms with E-state index in [1.165, 1.54) is 18.3 Å². The Morgan fingerprint density at radius 3 is 2.84 bits per heavy atom.